The van der Waals surface area contributed by atoms with Gasteiger partial charge in [0.2, 0.25) is 0 Å². The van der Waals surface area contributed by atoms with E-state index >= 15 is 0 Å². The molecule has 6 rings (SSSR count). The third-order valence-electron chi connectivity index (χ3n) is 8.01. The maximum Gasteiger partial charge on any atom is 0.123 e. The van der Waals surface area contributed by atoms with Crippen molar-refractivity contribution >= 4 is 21.4 Å². The van der Waals surface area contributed by atoms with Gasteiger partial charge in [-0.2, -0.15) is 0 Å². The van der Waals surface area contributed by atoms with Crippen LogP contribution in [0.2, 0.25) is 0 Å². The van der Waals surface area contributed by atoms with Crippen LogP contribution in [0.3, 0.4) is 0 Å². The zero-order chi connectivity index (χ0) is 25.7. The van der Waals surface area contributed by atoms with E-state index < -0.39 is 0 Å². The fraction of sp³-hybridized carbons (Fsp3) is 0.394. The fourth-order valence-electron chi connectivity index (χ4n) is 5.92. The molecular weight excluding hydrogens is 488 g/mol. The Morgan fingerprint density at radius 1 is 0.816 bits per heavy atom. The van der Waals surface area contributed by atoms with Crippen LogP contribution in [-0.4, -0.2) is 56.2 Å². The third-order valence-corrected chi connectivity index (χ3v) is 9.28. The Morgan fingerprint density at radius 2 is 1.55 bits per heavy atom. The second-order valence-electron chi connectivity index (χ2n) is 10.6. The molecule has 0 saturated carbocycles. The summed E-state index contributed by atoms with van der Waals surface area (Å²) in [6.45, 7) is 7.55. The first-order chi connectivity index (χ1) is 18.8. The first kappa shape index (κ1) is 25.4. The molecule has 0 bridgehead atoms. The van der Waals surface area contributed by atoms with Crippen molar-refractivity contribution in [2.24, 2.45) is 0 Å². The van der Waals surface area contributed by atoms with E-state index in [1.807, 2.05) is 11.3 Å². The van der Waals surface area contributed by atoms with E-state index in [2.05, 4.69) is 76.5 Å². The van der Waals surface area contributed by atoms with Crippen LogP contribution >= 0.6 is 11.3 Å². The van der Waals surface area contributed by atoms with Gasteiger partial charge in [-0.25, -0.2) is 0 Å². The molecule has 0 spiro atoms. The predicted octanol–water partition coefficient (Wildman–Crippen LogP) is 7.24. The molecule has 2 aliphatic heterocycles. The fourth-order valence-corrected chi connectivity index (χ4v) is 7.15. The van der Waals surface area contributed by atoms with Gasteiger partial charge in [0.25, 0.3) is 0 Å². The van der Waals surface area contributed by atoms with E-state index in [4.69, 9.17) is 9.47 Å². The third kappa shape index (κ3) is 5.75. The molecule has 0 N–H and O–H groups in total. The van der Waals surface area contributed by atoms with E-state index in [9.17, 15) is 0 Å². The Bertz CT molecular complexity index is 1350. The molecule has 0 unspecified atom stereocenters. The lowest BCUT2D eigenvalue weighted by Crippen LogP contribution is -2.25. The lowest BCUT2D eigenvalue weighted by Gasteiger charge is -2.18. The summed E-state index contributed by atoms with van der Waals surface area (Å²) in [7, 11) is 1.80. The summed E-state index contributed by atoms with van der Waals surface area (Å²) in [6, 6.07) is 24.3. The SMILES string of the molecule is COc1cc(Cc2c(-c3ccc(OCCN4CCCC4)cc3)sc3ccccc23)ccc1CN1CCCC1. The minimum Gasteiger partial charge on any atom is -0.496 e. The number of ether oxygens (including phenoxy) is 2. The van der Waals surface area contributed by atoms with Gasteiger partial charge in [0.05, 0.1) is 7.11 Å². The zero-order valence-corrected chi connectivity index (χ0v) is 23.3. The standard InChI is InChI=1S/C33H38N2O2S/c1-36-31-23-25(10-11-27(31)24-35-18-6-7-19-35)22-30-29-8-2-3-9-32(29)38-33(30)26-12-14-28(15-13-26)37-21-20-34-16-4-5-17-34/h2-3,8-15,23H,4-7,16-22,24H2,1H3. The Hall–Kier alpha value is -2.86. The molecule has 1 aromatic heterocycles. The number of nitrogens with zero attached hydrogens (tertiary/aromatic N) is 2. The van der Waals surface area contributed by atoms with Crippen molar-refractivity contribution in [1.29, 1.82) is 0 Å². The summed E-state index contributed by atoms with van der Waals surface area (Å²) < 4.78 is 13.3. The molecule has 5 heteroatoms. The number of hydrogen-bond donors (Lipinski definition) is 0. The van der Waals surface area contributed by atoms with Crippen molar-refractivity contribution in [3.05, 3.63) is 83.4 Å². The molecule has 2 saturated heterocycles. The van der Waals surface area contributed by atoms with E-state index in [-0.39, 0.29) is 0 Å². The van der Waals surface area contributed by atoms with Crippen LogP contribution < -0.4 is 9.47 Å². The van der Waals surface area contributed by atoms with E-state index in [1.54, 1.807) is 7.11 Å². The topological polar surface area (TPSA) is 24.9 Å². The van der Waals surface area contributed by atoms with Gasteiger partial charge in [-0.05, 0) is 117 Å². The number of hydrogen-bond acceptors (Lipinski definition) is 5. The highest BCUT2D eigenvalue weighted by molar-refractivity contribution is 7.22. The van der Waals surface area contributed by atoms with E-state index in [0.717, 1.165) is 37.6 Å². The first-order valence-corrected chi connectivity index (χ1v) is 14.9. The molecule has 198 valence electrons. The van der Waals surface area contributed by atoms with Crippen LogP contribution in [0.4, 0.5) is 0 Å². The highest BCUT2D eigenvalue weighted by Crippen LogP contribution is 2.40. The summed E-state index contributed by atoms with van der Waals surface area (Å²) in [4.78, 5) is 6.36. The van der Waals surface area contributed by atoms with Crippen molar-refractivity contribution in [3.63, 3.8) is 0 Å². The lowest BCUT2D eigenvalue weighted by molar-refractivity contribution is 0.238. The summed E-state index contributed by atoms with van der Waals surface area (Å²) in [6.07, 6.45) is 6.14. The molecule has 3 heterocycles. The quantitative estimate of drug-likeness (QED) is 0.217. The summed E-state index contributed by atoms with van der Waals surface area (Å²) >= 11 is 1.89. The molecule has 0 amide bonds. The lowest BCUT2D eigenvalue weighted by atomic mass is 9.97. The Balaban J connectivity index is 1.22. The zero-order valence-electron chi connectivity index (χ0n) is 22.5. The van der Waals surface area contributed by atoms with Crippen molar-refractivity contribution in [1.82, 2.24) is 9.80 Å². The molecule has 0 radical (unpaired) electrons. The molecule has 38 heavy (non-hydrogen) atoms. The van der Waals surface area contributed by atoms with Crippen molar-refractivity contribution in [3.8, 4) is 21.9 Å². The van der Waals surface area contributed by atoms with Crippen molar-refractivity contribution < 1.29 is 9.47 Å². The minimum atomic E-state index is 0.753. The predicted molar refractivity (Wildman–Crippen MR) is 159 cm³/mol. The van der Waals surface area contributed by atoms with Crippen molar-refractivity contribution in [2.75, 3.05) is 46.4 Å². The van der Waals surface area contributed by atoms with Crippen LogP contribution in [0.5, 0.6) is 11.5 Å². The average molecular weight is 527 g/mol. The van der Waals surface area contributed by atoms with Gasteiger partial charge in [-0.15, -0.1) is 11.3 Å². The van der Waals surface area contributed by atoms with E-state index in [1.165, 1.54) is 89.1 Å². The normalized spacial score (nSPS) is 16.4. The number of methoxy groups -OCH3 is 1. The molecule has 3 aromatic carbocycles. The number of thiophene rings is 1. The Labute approximate surface area is 230 Å². The second-order valence-corrected chi connectivity index (χ2v) is 11.7. The first-order valence-electron chi connectivity index (χ1n) is 14.1. The number of likely N-dealkylation sites (tertiary alicyclic amines) is 2. The number of fused-ring (bicyclic) bond motifs is 1. The summed E-state index contributed by atoms with van der Waals surface area (Å²) in [5.74, 6) is 1.96. The van der Waals surface area contributed by atoms with E-state index in [0.29, 0.717) is 0 Å². The van der Waals surface area contributed by atoms with Gasteiger partial charge in [0.1, 0.15) is 18.1 Å². The molecule has 2 fully saturated rings. The van der Waals surface area contributed by atoms with Gasteiger partial charge < -0.3 is 9.47 Å². The van der Waals surface area contributed by atoms with Crippen LogP contribution in [0.1, 0.15) is 42.4 Å². The average Bonchev–Trinajstić information content (AvgIpc) is 3.73. The Morgan fingerprint density at radius 3 is 2.32 bits per heavy atom. The molecular formula is C33H38N2O2S. The van der Waals surface area contributed by atoms with Gasteiger partial charge in [0, 0.05) is 28.2 Å². The molecule has 2 aliphatic rings. The summed E-state index contributed by atoms with van der Waals surface area (Å²) in [5.41, 5.74) is 5.22. The molecule has 4 nitrogen and oxygen atoms in total. The maximum atomic E-state index is 6.07. The number of rotatable bonds is 10. The van der Waals surface area contributed by atoms with Crippen LogP contribution in [0, 0.1) is 0 Å². The monoisotopic (exact) mass is 526 g/mol. The highest BCUT2D eigenvalue weighted by atomic mass is 32.1. The minimum absolute atomic E-state index is 0.753. The van der Waals surface area contributed by atoms with Crippen LogP contribution in [0.25, 0.3) is 20.5 Å². The number of benzene rings is 3. The van der Waals surface area contributed by atoms with Gasteiger partial charge >= 0.3 is 0 Å². The molecule has 4 aromatic rings. The second kappa shape index (κ2) is 11.9. The summed E-state index contributed by atoms with van der Waals surface area (Å²) in [5, 5.41) is 1.35. The van der Waals surface area contributed by atoms with Gasteiger partial charge in [-0.3, -0.25) is 9.80 Å². The highest BCUT2D eigenvalue weighted by Gasteiger charge is 2.18. The van der Waals surface area contributed by atoms with Crippen LogP contribution in [0.15, 0.2) is 66.7 Å². The van der Waals surface area contributed by atoms with Crippen molar-refractivity contribution in [2.45, 2.75) is 38.6 Å². The maximum absolute atomic E-state index is 6.07. The van der Waals surface area contributed by atoms with Gasteiger partial charge in [0.15, 0.2) is 0 Å². The van der Waals surface area contributed by atoms with Crippen LogP contribution in [-0.2, 0) is 13.0 Å². The Kier molecular flexibility index (Phi) is 7.96. The molecule has 0 atom stereocenters. The molecule has 0 aliphatic carbocycles. The van der Waals surface area contributed by atoms with Gasteiger partial charge in [-0.1, -0.05) is 30.3 Å². The smallest absolute Gasteiger partial charge is 0.123 e. The largest absolute Gasteiger partial charge is 0.496 e.